The summed E-state index contributed by atoms with van der Waals surface area (Å²) in [5, 5.41) is 19.3. The van der Waals surface area contributed by atoms with E-state index in [9.17, 15) is 4.79 Å². The third-order valence-electron chi connectivity index (χ3n) is 4.12. The second kappa shape index (κ2) is 8.68. The van der Waals surface area contributed by atoms with Crippen molar-refractivity contribution in [3.8, 4) is 0 Å². The van der Waals surface area contributed by atoms with Gasteiger partial charge in [-0.3, -0.25) is 15.1 Å². The van der Waals surface area contributed by atoms with E-state index in [1.165, 1.54) is 0 Å². The molecule has 0 amide bonds. The lowest BCUT2D eigenvalue weighted by molar-refractivity contribution is -0.159. The van der Waals surface area contributed by atoms with E-state index in [0.717, 1.165) is 27.8 Å². The summed E-state index contributed by atoms with van der Waals surface area (Å²) in [5.41, 5.74) is 2.88. The molecular weight excluding hydrogens is 382 g/mol. The Bertz CT molecular complexity index is 993. The van der Waals surface area contributed by atoms with Gasteiger partial charge in [-0.25, -0.2) is 9.59 Å². The van der Waals surface area contributed by atoms with Gasteiger partial charge in [0.25, 0.3) is 0 Å². The SMILES string of the molecule is O=C(O)C(=O)O.O=C(c1c[nH]c2ccccc12)[C@@H]1CSC(c2cccnc2)N1. The molecular formula is C19H17N3O5S. The number of hydrogen-bond acceptors (Lipinski definition) is 6. The predicted molar refractivity (Wildman–Crippen MR) is 104 cm³/mol. The number of rotatable bonds is 3. The number of nitrogens with zero attached hydrogens (tertiary/aromatic N) is 1. The number of Topliss-reactive ketones (excluding diaryl/α,β-unsaturated/α-hetero) is 1. The summed E-state index contributed by atoms with van der Waals surface area (Å²) in [5.74, 6) is -2.72. The van der Waals surface area contributed by atoms with Gasteiger partial charge < -0.3 is 15.2 Å². The zero-order valence-corrected chi connectivity index (χ0v) is 15.3. The molecule has 0 bridgehead atoms. The number of fused-ring (bicyclic) bond motifs is 1. The van der Waals surface area contributed by atoms with E-state index in [1.54, 1.807) is 18.0 Å². The van der Waals surface area contributed by atoms with Crippen molar-refractivity contribution < 1.29 is 24.6 Å². The van der Waals surface area contributed by atoms with E-state index < -0.39 is 11.9 Å². The van der Waals surface area contributed by atoms with Crippen LogP contribution in [0.2, 0.25) is 0 Å². The van der Waals surface area contributed by atoms with Gasteiger partial charge in [0, 0.05) is 40.8 Å². The minimum absolute atomic E-state index is 0.132. The van der Waals surface area contributed by atoms with Gasteiger partial charge in [-0.15, -0.1) is 11.8 Å². The normalized spacial score (nSPS) is 18.3. The maximum absolute atomic E-state index is 12.8. The quantitative estimate of drug-likeness (QED) is 0.390. The number of thioether (sulfide) groups is 1. The summed E-state index contributed by atoms with van der Waals surface area (Å²) in [7, 11) is 0. The molecule has 4 N–H and O–H groups in total. The Morgan fingerprint density at radius 3 is 2.50 bits per heavy atom. The Hall–Kier alpha value is -3.17. The van der Waals surface area contributed by atoms with Crippen molar-refractivity contribution >= 4 is 40.4 Å². The molecule has 144 valence electrons. The van der Waals surface area contributed by atoms with Crippen LogP contribution in [0.5, 0.6) is 0 Å². The summed E-state index contributed by atoms with van der Waals surface area (Å²) in [4.78, 5) is 38.3. The van der Waals surface area contributed by atoms with Gasteiger partial charge in [0.1, 0.15) is 0 Å². The smallest absolute Gasteiger partial charge is 0.414 e. The number of hydrogen-bond donors (Lipinski definition) is 4. The highest BCUT2D eigenvalue weighted by molar-refractivity contribution is 7.99. The zero-order chi connectivity index (χ0) is 20.1. The maximum atomic E-state index is 12.8. The molecule has 1 aliphatic heterocycles. The molecule has 1 unspecified atom stereocenters. The Labute approximate surface area is 164 Å². The maximum Gasteiger partial charge on any atom is 0.414 e. The lowest BCUT2D eigenvalue weighted by Gasteiger charge is -2.12. The van der Waals surface area contributed by atoms with Gasteiger partial charge >= 0.3 is 11.9 Å². The number of aromatic nitrogens is 2. The fourth-order valence-electron chi connectivity index (χ4n) is 2.81. The van der Waals surface area contributed by atoms with E-state index >= 15 is 0 Å². The van der Waals surface area contributed by atoms with Gasteiger partial charge in [0.05, 0.1) is 11.4 Å². The summed E-state index contributed by atoms with van der Waals surface area (Å²) >= 11 is 1.75. The van der Waals surface area contributed by atoms with Gasteiger partial charge in [-0.2, -0.15) is 0 Å². The van der Waals surface area contributed by atoms with Crippen LogP contribution in [0.15, 0.2) is 55.0 Å². The van der Waals surface area contributed by atoms with Crippen LogP contribution in [-0.4, -0.2) is 49.7 Å². The monoisotopic (exact) mass is 399 g/mol. The number of carbonyl (C=O) groups is 3. The second-order valence-corrected chi connectivity index (χ2v) is 7.08. The average molecular weight is 399 g/mol. The van der Waals surface area contributed by atoms with Crippen molar-refractivity contribution in [3.63, 3.8) is 0 Å². The zero-order valence-electron chi connectivity index (χ0n) is 14.5. The molecule has 1 fully saturated rings. The minimum Gasteiger partial charge on any atom is -0.473 e. The van der Waals surface area contributed by atoms with Crippen molar-refractivity contribution in [2.45, 2.75) is 11.4 Å². The molecule has 9 heteroatoms. The number of carbonyl (C=O) groups excluding carboxylic acids is 1. The van der Waals surface area contributed by atoms with Crippen molar-refractivity contribution in [2.24, 2.45) is 0 Å². The third kappa shape index (κ3) is 4.38. The topological polar surface area (TPSA) is 132 Å². The van der Waals surface area contributed by atoms with Gasteiger partial charge in [-0.05, 0) is 17.7 Å². The van der Waals surface area contributed by atoms with Crippen molar-refractivity contribution in [1.82, 2.24) is 15.3 Å². The number of carboxylic acids is 2. The first kappa shape index (κ1) is 19.6. The molecule has 0 spiro atoms. The van der Waals surface area contributed by atoms with E-state index in [2.05, 4.69) is 15.3 Å². The molecule has 0 saturated carbocycles. The molecule has 3 aromatic rings. The summed E-state index contributed by atoms with van der Waals surface area (Å²) < 4.78 is 0. The summed E-state index contributed by atoms with van der Waals surface area (Å²) in [6.07, 6.45) is 5.43. The Morgan fingerprint density at radius 1 is 1.07 bits per heavy atom. The van der Waals surface area contributed by atoms with Crippen molar-refractivity contribution in [1.29, 1.82) is 0 Å². The second-order valence-electron chi connectivity index (χ2n) is 5.94. The van der Waals surface area contributed by atoms with Crippen LogP contribution in [0.3, 0.4) is 0 Å². The number of benzene rings is 1. The molecule has 4 rings (SSSR count). The van der Waals surface area contributed by atoms with Crippen LogP contribution >= 0.6 is 11.8 Å². The van der Waals surface area contributed by atoms with E-state index in [1.807, 2.05) is 48.8 Å². The number of ketones is 1. The van der Waals surface area contributed by atoms with E-state index in [0.29, 0.717) is 0 Å². The molecule has 2 aromatic heterocycles. The highest BCUT2D eigenvalue weighted by atomic mass is 32.2. The molecule has 1 aliphatic rings. The number of nitrogens with one attached hydrogen (secondary N) is 2. The first-order valence-corrected chi connectivity index (χ1v) is 9.36. The molecule has 2 atom stereocenters. The van der Waals surface area contributed by atoms with Gasteiger partial charge in [-0.1, -0.05) is 24.3 Å². The first-order valence-electron chi connectivity index (χ1n) is 8.31. The number of carboxylic acid groups (broad SMARTS) is 2. The molecule has 3 heterocycles. The average Bonchev–Trinajstić information content (AvgIpc) is 3.36. The lowest BCUT2D eigenvalue weighted by Crippen LogP contribution is -2.34. The van der Waals surface area contributed by atoms with Gasteiger partial charge in [0.15, 0.2) is 5.78 Å². The van der Waals surface area contributed by atoms with Crippen molar-refractivity contribution in [3.05, 3.63) is 66.1 Å². The third-order valence-corrected chi connectivity index (χ3v) is 5.39. The van der Waals surface area contributed by atoms with Crippen LogP contribution in [0.1, 0.15) is 21.3 Å². The molecule has 0 radical (unpaired) electrons. The first-order chi connectivity index (χ1) is 13.5. The van der Waals surface area contributed by atoms with Gasteiger partial charge in [0.2, 0.25) is 0 Å². The lowest BCUT2D eigenvalue weighted by atomic mass is 10.0. The number of para-hydroxylation sites is 1. The Morgan fingerprint density at radius 2 is 1.82 bits per heavy atom. The number of H-pyrrole nitrogens is 1. The molecule has 28 heavy (non-hydrogen) atoms. The summed E-state index contributed by atoms with van der Waals surface area (Å²) in [6.45, 7) is 0. The highest BCUT2D eigenvalue weighted by Crippen LogP contribution is 2.33. The fraction of sp³-hybridized carbons (Fsp3) is 0.158. The van der Waals surface area contributed by atoms with E-state index in [4.69, 9.17) is 19.8 Å². The largest absolute Gasteiger partial charge is 0.473 e. The summed E-state index contributed by atoms with van der Waals surface area (Å²) in [6, 6.07) is 11.7. The molecule has 1 aromatic carbocycles. The minimum atomic E-state index is -1.82. The number of aromatic amines is 1. The van der Waals surface area contributed by atoms with E-state index in [-0.39, 0.29) is 17.2 Å². The molecule has 8 nitrogen and oxygen atoms in total. The Kier molecular flexibility index (Phi) is 6.07. The predicted octanol–water partition coefficient (Wildman–Crippen LogP) is 2.30. The van der Waals surface area contributed by atoms with Crippen LogP contribution in [0.25, 0.3) is 10.9 Å². The van der Waals surface area contributed by atoms with Crippen LogP contribution in [-0.2, 0) is 9.59 Å². The fourth-order valence-corrected chi connectivity index (χ4v) is 4.03. The van der Waals surface area contributed by atoms with Crippen LogP contribution < -0.4 is 5.32 Å². The number of aliphatic carboxylic acids is 2. The van der Waals surface area contributed by atoms with Crippen molar-refractivity contribution in [2.75, 3.05) is 5.75 Å². The molecule has 1 saturated heterocycles. The Balaban J connectivity index is 0.000000330. The number of pyridine rings is 1. The van der Waals surface area contributed by atoms with Crippen LogP contribution in [0, 0.1) is 0 Å². The highest BCUT2D eigenvalue weighted by Gasteiger charge is 2.32. The van der Waals surface area contributed by atoms with Crippen LogP contribution in [0.4, 0.5) is 0 Å². The standard InChI is InChI=1S/C17H15N3OS.C2H2O4/c21-16(13-9-19-14-6-2-1-5-12(13)14)15-10-22-17(20-15)11-4-3-7-18-8-11;3-1(4)2(5)6/h1-9,15,17,19-20H,10H2;(H,3,4)(H,5,6)/t15-,17?;/m0./s1. The molecule has 0 aliphatic carbocycles.